The zero-order valence-corrected chi connectivity index (χ0v) is 8.55. The average molecular weight is 176 g/mol. The van der Waals surface area contributed by atoms with Crippen molar-refractivity contribution in [3.05, 3.63) is 34.9 Å². The molecule has 0 saturated heterocycles. The van der Waals surface area contributed by atoms with E-state index in [2.05, 4.69) is 39.0 Å². The first kappa shape index (κ1) is 8.76. The van der Waals surface area contributed by atoms with E-state index in [4.69, 9.17) is 4.74 Å². The molecule has 0 spiro atoms. The molecule has 1 aromatic rings. The van der Waals surface area contributed by atoms with Crippen LogP contribution in [0, 0.1) is 0 Å². The fraction of sp³-hybridized carbons (Fsp3) is 0.500. The molecule has 0 aromatic heterocycles. The van der Waals surface area contributed by atoms with E-state index < -0.39 is 0 Å². The lowest BCUT2D eigenvalue weighted by atomic mass is 9.83. The van der Waals surface area contributed by atoms with E-state index in [9.17, 15) is 0 Å². The fourth-order valence-electron chi connectivity index (χ4n) is 1.91. The molecule has 1 aliphatic rings. The molecular weight excluding hydrogens is 160 g/mol. The molecular formula is C12H16O. The number of rotatable bonds is 0. The summed E-state index contributed by atoms with van der Waals surface area (Å²) in [7, 11) is 0. The monoisotopic (exact) mass is 176 g/mol. The third-order valence-electron chi connectivity index (χ3n) is 2.59. The smallest absolute Gasteiger partial charge is 0.0727 e. The number of hydrogen-bond acceptors (Lipinski definition) is 1. The van der Waals surface area contributed by atoms with Crippen LogP contribution in [0.3, 0.4) is 0 Å². The summed E-state index contributed by atoms with van der Waals surface area (Å²) in [5, 5.41) is 0. The molecule has 0 aliphatic carbocycles. The Hall–Kier alpha value is -0.820. The molecule has 0 atom stereocenters. The minimum atomic E-state index is 0.235. The minimum absolute atomic E-state index is 0.235. The van der Waals surface area contributed by atoms with Crippen LogP contribution in [-0.4, -0.2) is 0 Å². The van der Waals surface area contributed by atoms with Crippen LogP contribution in [0.5, 0.6) is 0 Å². The van der Waals surface area contributed by atoms with Gasteiger partial charge in [-0.05, 0) is 22.1 Å². The molecule has 0 bridgehead atoms. The van der Waals surface area contributed by atoms with Gasteiger partial charge in [-0.2, -0.15) is 0 Å². The maximum atomic E-state index is 5.45. The molecule has 1 nitrogen and oxygen atoms in total. The normalized spacial score (nSPS) is 15.9. The Labute approximate surface area is 79.7 Å². The summed E-state index contributed by atoms with van der Waals surface area (Å²) < 4.78 is 5.45. The van der Waals surface area contributed by atoms with E-state index in [1.54, 1.807) is 0 Å². The van der Waals surface area contributed by atoms with Crippen LogP contribution in [0.4, 0.5) is 0 Å². The SMILES string of the molecule is CC(C)(C)c1cccc2c1COC2. The van der Waals surface area contributed by atoms with Gasteiger partial charge in [-0.3, -0.25) is 0 Å². The zero-order valence-electron chi connectivity index (χ0n) is 8.55. The molecule has 0 unspecified atom stereocenters. The lowest BCUT2D eigenvalue weighted by Gasteiger charge is -2.21. The Morgan fingerprint density at radius 2 is 1.92 bits per heavy atom. The first-order valence-corrected chi connectivity index (χ1v) is 4.78. The number of benzene rings is 1. The Balaban J connectivity index is 2.54. The molecule has 0 fully saturated rings. The largest absolute Gasteiger partial charge is 0.372 e. The summed E-state index contributed by atoms with van der Waals surface area (Å²) in [4.78, 5) is 0. The highest BCUT2D eigenvalue weighted by atomic mass is 16.5. The standard InChI is InChI=1S/C12H16O/c1-12(2,3)11-6-4-5-9-7-13-8-10(9)11/h4-6H,7-8H2,1-3H3. The highest BCUT2D eigenvalue weighted by Crippen LogP contribution is 2.31. The Bertz CT molecular complexity index is 320. The van der Waals surface area contributed by atoms with Gasteiger partial charge in [0, 0.05) is 0 Å². The van der Waals surface area contributed by atoms with Gasteiger partial charge in [0.25, 0.3) is 0 Å². The summed E-state index contributed by atoms with van der Waals surface area (Å²) >= 11 is 0. The number of ether oxygens (including phenoxy) is 1. The maximum absolute atomic E-state index is 5.45. The van der Waals surface area contributed by atoms with Gasteiger partial charge in [-0.1, -0.05) is 39.0 Å². The van der Waals surface area contributed by atoms with Crippen LogP contribution in [0.15, 0.2) is 18.2 Å². The first-order chi connectivity index (χ1) is 6.09. The van der Waals surface area contributed by atoms with Gasteiger partial charge in [-0.25, -0.2) is 0 Å². The van der Waals surface area contributed by atoms with Crippen LogP contribution >= 0.6 is 0 Å². The van der Waals surface area contributed by atoms with Crippen LogP contribution in [0.25, 0.3) is 0 Å². The number of hydrogen-bond donors (Lipinski definition) is 0. The van der Waals surface area contributed by atoms with Crippen molar-refractivity contribution in [3.8, 4) is 0 Å². The van der Waals surface area contributed by atoms with Crippen LogP contribution < -0.4 is 0 Å². The lowest BCUT2D eigenvalue weighted by Crippen LogP contribution is -2.13. The molecule has 0 radical (unpaired) electrons. The molecule has 0 saturated carbocycles. The van der Waals surface area contributed by atoms with Gasteiger partial charge in [-0.15, -0.1) is 0 Å². The second-order valence-corrected chi connectivity index (χ2v) is 4.69. The quantitative estimate of drug-likeness (QED) is 0.590. The molecule has 1 heterocycles. The third-order valence-corrected chi connectivity index (χ3v) is 2.59. The van der Waals surface area contributed by atoms with E-state index in [1.807, 2.05) is 0 Å². The minimum Gasteiger partial charge on any atom is -0.372 e. The van der Waals surface area contributed by atoms with Gasteiger partial charge in [0.15, 0.2) is 0 Å². The predicted molar refractivity (Wildman–Crippen MR) is 53.6 cm³/mol. The molecule has 1 aliphatic heterocycles. The first-order valence-electron chi connectivity index (χ1n) is 4.78. The highest BCUT2D eigenvalue weighted by molar-refractivity contribution is 5.40. The molecule has 1 aromatic carbocycles. The second-order valence-electron chi connectivity index (χ2n) is 4.69. The summed E-state index contributed by atoms with van der Waals surface area (Å²) in [6, 6.07) is 6.51. The van der Waals surface area contributed by atoms with Gasteiger partial charge in [0.05, 0.1) is 13.2 Å². The zero-order chi connectivity index (χ0) is 9.47. The lowest BCUT2D eigenvalue weighted by molar-refractivity contribution is 0.134. The fourth-order valence-corrected chi connectivity index (χ4v) is 1.91. The van der Waals surface area contributed by atoms with Crippen LogP contribution in [0.1, 0.15) is 37.5 Å². The van der Waals surface area contributed by atoms with Crippen molar-refractivity contribution in [2.24, 2.45) is 0 Å². The maximum Gasteiger partial charge on any atom is 0.0727 e. The summed E-state index contributed by atoms with van der Waals surface area (Å²) in [5.74, 6) is 0. The van der Waals surface area contributed by atoms with Crippen molar-refractivity contribution in [2.75, 3.05) is 0 Å². The predicted octanol–water partition coefficient (Wildman–Crippen LogP) is 3.01. The van der Waals surface area contributed by atoms with E-state index >= 15 is 0 Å². The van der Waals surface area contributed by atoms with Gasteiger partial charge >= 0.3 is 0 Å². The van der Waals surface area contributed by atoms with E-state index in [0.29, 0.717) is 0 Å². The molecule has 0 N–H and O–H groups in total. The van der Waals surface area contributed by atoms with Crippen molar-refractivity contribution < 1.29 is 4.74 Å². The molecule has 0 amide bonds. The van der Waals surface area contributed by atoms with Gasteiger partial charge in [0.1, 0.15) is 0 Å². The average Bonchev–Trinajstić information content (AvgIpc) is 2.48. The third kappa shape index (κ3) is 1.49. The van der Waals surface area contributed by atoms with Crippen molar-refractivity contribution in [1.29, 1.82) is 0 Å². The Morgan fingerprint density at radius 1 is 1.15 bits per heavy atom. The van der Waals surface area contributed by atoms with Crippen molar-refractivity contribution in [3.63, 3.8) is 0 Å². The van der Waals surface area contributed by atoms with Crippen molar-refractivity contribution >= 4 is 0 Å². The van der Waals surface area contributed by atoms with Crippen LogP contribution in [-0.2, 0) is 23.4 Å². The van der Waals surface area contributed by atoms with Crippen molar-refractivity contribution in [2.45, 2.75) is 39.4 Å². The summed E-state index contributed by atoms with van der Waals surface area (Å²) in [6.07, 6.45) is 0. The summed E-state index contributed by atoms with van der Waals surface area (Å²) in [6.45, 7) is 8.34. The molecule has 2 rings (SSSR count). The topological polar surface area (TPSA) is 9.23 Å². The van der Waals surface area contributed by atoms with E-state index in [1.165, 1.54) is 16.7 Å². The van der Waals surface area contributed by atoms with Gasteiger partial charge < -0.3 is 4.74 Å². The number of fused-ring (bicyclic) bond motifs is 1. The van der Waals surface area contributed by atoms with E-state index in [-0.39, 0.29) is 5.41 Å². The highest BCUT2D eigenvalue weighted by Gasteiger charge is 2.22. The van der Waals surface area contributed by atoms with Crippen molar-refractivity contribution in [1.82, 2.24) is 0 Å². The second kappa shape index (κ2) is 2.85. The van der Waals surface area contributed by atoms with Crippen LogP contribution in [0.2, 0.25) is 0 Å². The molecule has 13 heavy (non-hydrogen) atoms. The molecule has 1 heteroatoms. The van der Waals surface area contributed by atoms with E-state index in [0.717, 1.165) is 13.2 Å². The Kier molecular flexibility index (Phi) is 1.92. The molecule has 70 valence electrons. The summed E-state index contributed by atoms with van der Waals surface area (Å²) in [5.41, 5.74) is 4.45. The Morgan fingerprint density at radius 3 is 2.62 bits per heavy atom. The van der Waals surface area contributed by atoms with Gasteiger partial charge in [0.2, 0.25) is 0 Å².